The Morgan fingerprint density at radius 2 is 1.36 bits per heavy atom. The van der Waals surface area contributed by atoms with Crippen LogP contribution >= 0.6 is 0 Å². The molecular formula is C15H26N2O4S. The van der Waals surface area contributed by atoms with Gasteiger partial charge in [-0.25, -0.2) is 8.42 Å². The molecule has 1 heterocycles. The monoisotopic (exact) mass is 330 g/mol. The van der Waals surface area contributed by atoms with Crippen LogP contribution in [0.15, 0.2) is 11.2 Å². The predicted octanol–water partition coefficient (Wildman–Crippen LogP) is 3.02. The molecule has 126 valence electrons. The first-order valence-corrected chi connectivity index (χ1v) is 9.71. The Hall–Kier alpha value is -1.37. The Morgan fingerprint density at radius 1 is 0.909 bits per heavy atom. The molecular weight excluding hydrogens is 304 g/mol. The zero-order valence-corrected chi connectivity index (χ0v) is 14.5. The number of hydrogen-bond donors (Lipinski definition) is 0. The maximum Gasteiger partial charge on any atom is 0.253 e. The van der Waals surface area contributed by atoms with Gasteiger partial charge in [-0.2, -0.15) is 9.97 Å². The highest BCUT2D eigenvalue weighted by atomic mass is 32.2. The fourth-order valence-corrected chi connectivity index (χ4v) is 2.27. The number of aromatic nitrogens is 2. The summed E-state index contributed by atoms with van der Waals surface area (Å²) in [6, 6.07) is 1.55. The Morgan fingerprint density at radius 3 is 1.73 bits per heavy atom. The predicted molar refractivity (Wildman–Crippen MR) is 85.2 cm³/mol. The summed E-state index contributed by atoms with van der Waals surface area (Å²) in [5.74, 6) is 0.494. The van der Waals surface area contributed by atoms with Crippen LogP contribution in [-0.4, -0.2) is 37.9 Å². The minimum Gasteiger partial charge on any atom is -0.477 e. The van der Waals surface area contributed by atoms with Gasteiger partial charge in [0, 0.05) is 6.26 Å². The molecule has 22 heavy (non-hydrogen) atoms. The molecule has 0 fully saturated rings. The van der Waals surface area contributed by atoms with E-state index in [1.165, 1.54) is 0 Å². The number of sulfone groups is 1. The zero-order valence-electron chi connectivity index (χ0n) is 13.7. The van der Waals surface area contributed by atoms with Crippen molar-refractivity contribution in [1.29, 1.82) is 0 Å². The van der Waals surface area contributed by atoms with E-state index < -0.39 is 9.84 Å². The van der Waals surface area contributed by atoms with Crippen LogP contribution in [-0.2, 0) is 9.84 Å². The highest BCUT2D eigenvalue weighted by Crippen LogP contribution is 2.19. The number of nitrogens with zero attached hydrogens (tertiary/aromatic N) is 2. The highest BCUT2D eigenvalue weighted by Gasteiger charge is 2.15. The minimum atomic E-state index is -3.50. The molecule has 1 aromatic rings. The van der Waals surface area contributed by atoms with Crippen LogP contribution in [0.4, 0.5) is 0 Å². The van der Waals surface area contributed by atoms with Gasteiger partial charge < -0.3 is 9.47 Å². The SMILES string of the molecule is CCCCCOc1cc(OCCCCC)nc(S(C)(=O)=O)n1. The normalized spacial score (nSPS) is 11.4. The molecule has 0 bridgehead atoms. The molecule has 0 aromatic carbocycles. The van der Waals surface area contributed by atoms with E-state index >= 15 is 0 Å². The molecule has 0 aliphatic carbocycles. The maximum absolute atomic E-state index is 11.7. The quantitative estimate of drug-likeness (QED) is 0.458. The molecule has 0 radical (unpaired) electrons. The molecule has 1 aromatic heterocycles. The molecule has 6 nitrogen and oxygen atoms in total. The Labute approximate surface area is 133 Å². The fraction of sp³-hybridized carbons (Fsp3) is 0.733. The number of rotatable bonds is 11. The lowest BCUT2D eigenvalue weighted by Gasteiger charge is -2.09. The van der Waals surface area contributed by atoms with Crippen LogP contribution in [0.5, 0.6) is 11.8 Å². The molecule has 0 spiro atoms. The first kappa shape index (κ1) is 18.7. The van der Waals surface area contributed by atoms with Gasteiger partial charge in [0.1, 0.15) is 0 Å². The van der Waals surface area contributed by atoms with E-state index in [0.29, 0.717) is 13.2 Å². The Bertz CT molecular complexity index is 516. The maximum atomic E-state index is 11.7. The van der Waals surface area contributed by atoms with Gasteiger partial charge in [-0.05, 0) is 12.8 Å². The molecule has 0 saturated carbocycles. The molecule has 0 saturated heterocycles. The van der Waals surface area contributed by atoms with E-state index in [1.54, 1.807) is 6.07 Å². The van der Waals surface area contributed by atoms with Crippen molar-refractivity contribution in [3.63, 3.8) is 0 Å². The summed E-state index contributed by atoms with van der Waals surface area (Å²) in [5.41, 5.74) is 0. The van der Waals surface area contributed by atoms with Crippen molar-refractivity contribution in [2.45, 2.75) is 57.5 Å². The summed E-state index contributed by atoms with van der Waals surface area (Å²) in [6.45, 7) is 5.22. The summed E-state index contributed by atoms with van der Waals surface area (Å²) in [5, 5.41) is -0.258. The van der Waals surface area contributed by atoms with Crippen LogP contribution in [0.1, 0.15) is 52.4 Å². The van der Waals surface area contributed by atoms with Crippen LogP contribution in [0, 0.1) is 0 Å². The smallest absolute Gasteiger partial charge is 0.253 e. The van der Waals surface area contributed by atoms with Crippen molar-refractivity contribution in [3.05, 3.63) is 6.07 Å². The molecule has 0 aliphatic rings. The van der Waals surface area contributed by atoms with Crippen LogP contribution in [0.3, 0.4) is 0 Å². The summed E-state index contributed by atoms with van der Waals surface area (Å²) in [7, 11) is -3.50. The third-order valence-electron chi connectivity index (χ3n) is 2.99. The third-order valence-corrected chi connectivity index (χ3v) is 3.83. The first-order valence-electron chi connectivity index (χ1n) is 7.82. The number of hydrogen-bond acceptors (Lipinski definition) is 6. The van der Waals surface area contributed by atoms with Crippen molar-refractivity contribution in [2.75, 3.05) is 19.5 Å². The highest BCUT2D eigenvalue weighted by molar-refractivity contribution is 7.90. The Balaban J connectivity index is 2.77. The second-order valence-corrected chi connectivity index (χ2v) is 7.12. The van der Waals surface area contributed by atoms with Gasteiger partial charge in [0.2, 0.25) is 21.6 Å². The number of unbranched alkanes of at least 4 members (excludes halogenated alkanes) is 4. The fourth-order valence-electron chi connectivity index (χ4n) is 1.76. The van der Waals surface area contributed by atoms with Crippen molar-refractivity contribution < 1.29 is 17.9 Å². The van der Waals surface area contributed by atoms with Crippen molar-refractivity contribution in [2.24, 2.45) is 0 Å². The molecule has 0 atom stereocenters. The van der Waals surface area contributed by atoms with Crippen molar-refractivity contribution in [3.8, 4) is 11.8 Å². The summed E-state index contributed by atoms with van der Waals surface area (Å²) >= 11 is 0. The van der Waals surface area contributed by atoms with E-state index in [2.05, 4.69) is 23.8 Å². The van der Waals surface area contributed by atoms with Gasteiger partial charge in [-0.1, -0.05) is 39.5 Å². The van der Waals surface area contributed by atoms with E-state index in [-0.39, 0.29) is 16.9 Å². The topological polar surface area (TPSA) is 78.4 Å². The lowest BCUT2D eigenvalue weighted by molar-refractivity contribution is 0.271. The van der Waals surface area contributed by atoms with Crippen molar-refractivity contribution in [1.82, 2.24) is 9.97 Å². The summed E-state index contributed by atoms with van der Waals surface area (Å²) < 4.78 is 34.3. The molecule has 0 unspecified atom stereocenters. The standard InChI is InChI=1S/C15H26N2O4S/c1-4-6-8-10-20-13-12-14(21-11-9-7-5-2)17-15(16-13)22(3,18)19/h12H,4-11H2,1-3H3. The van der Waals surface area contributed by atoms with Gasteiger partial charge in [0.25, 0.3) is 5.16 Å². The lowest BCUT2D eigenvalue weighted by atomic mass is 10.3. The summed E-state index contributed by atoms with van der Waals surface area (Å²) in [6.07, 6.45) is 7.18. The molecule has 0 N–H and O–H groups in total. The minimum absolute atomic E-state index is 0.247. The van der Waals surface area contributed by atoms with E-state index in [0.717, 1.165) is 44.8 Å². The Kier molecular flexibility index (Phi) is 8.16. The zero-order chi connectivity index (χ0) is 16.4. The third kappa shape index (κ3) is 7.06. The van der Waals surface area contributed by atoms with Gasteiger partial charge in [-0.15, -0.1) is 0 Å². The average Bonchev–Trinajstić information content (AvgIpc) is 2.47. The largest absolute Gasteiger partial charge is 0.477 e. The summed E-state index contributed by atoms with van der Waals surface area (Å²) in [4.78, 5) is 7.89. The van der Waals surface area contributed by atoms with Crippen LogP contribution in [0.25, 0.3) is 0 Å². The second kappa shape index (κ2) is 9.61. The number of ether oxygens (including phenoxy) is 2. The van der Waals surface area contributed by atoms with Crippen molar-refractivity contribution >= 4 is 9.84 Å². The van der Waals surface area contributed by atoms with Crippen LogP contribution in [0.2, 0.25) is 0 Å². The van der Waals surface area contributed by atoms with E-state index in [1.807, 2.05) is 0 Å². The molecule has 1 rings (SSSR count). The van der Waals surface area contributed by atoms with E-state index in [4.69, 9.17) is 9.47 Å². The molecule has 0 amide bonds. The molecule has 7 heteroatoms. The van der Waals surface area contributed by atoms with E-state index in [9.17, 15) is 8.42 Å². The van der Waals surface area contributed by atoms with Crippen LogP contribution < -0.4 is 9.47 Å². The molecule has 0 aliphatic heterocycles. The van der Waals surface area contributed by atoms with Gasteiger partial charge in [0.15, 0.2) is 0 Å². The van der Waals surface area contributed by atoms with Gasteiger partial charge in [0.05, 0.1) is 19.3 Å². The lowest BCUT2D eigenvalue weighted by Crippen LogP contribution is -2.09. The van der Waals surface area contributed by atoms with Gasteiger partial charge >= 0.3 is 0 Å². The average molecular weight is 330 g/mol. The second-order valence-electron chi connectivity index (χ2n) is 5.21. The van der Waals surface area contributed by atoms with Gasteiger partial charge in [-0.3, -0.25) is 0 Å². The first-order chi connectivity index (χ1) is 10.5.